The van der Waals surface area contributed by atoms with Crippen LogP contribution in [0.3, 0.4) is 0 Å². The molecule has 0 saturated carbocycles. The maximum atomic E-state index is 12.2. The van der Waals surface area contributed by atoms with Crippen molar-refractivity contribution < 1.29 is 9.53 Å². The molecule has 20 heavy (non-hydrogen) atoms. The molecule has 1 amide bonds. The van der Waals surface area contributed by atoms with Crippen LogP contribution in [0.15, 0.2) is 30.0 Å². The van der Waals surface area contributed by atoms with E-state index in [4.69, 9.17) is 28.6 Å². The maximum absolute atomic E-state index is 12.2. The topological polar surface area (TPSA) is 41.6 Å². The zero-order valence-corrected chi connectivity index (χ0v) is 12.6. The highest BCUT2D eigenvalue weighted by molar-refractivity contribution is 7.80. The molecule has 6 heteroatoms. The van der Waals surface area contributed by atoms with E-state index in [0.29, 0.717) is 29.0 Å². The molecule has 0 aromatic heterocycles. The highest BCUT2D eigenvalue weighted by Gasteiger charge is 2.29. The van der Waals surface area contributed by atoms with Gasteiger partial charge >= 0.3 is 0 Å². The van der Waals surface area contributed by atoms with Crippen LogP contribution in [0.1, 0.15) is 12.0 Å². The van der Waals surface area contributed by atoms with Crippen LogP contribution in [0.5, 0.6) is 0 Å². The van der Waals surface area contributed by atoms with Crippen LogP contribution in [-0.2, 0) is 9.53 Å². The van der Waals surface area contributed by atoms with Crippen molar-refractivity contribution >= 4 is 40.9 Å². The molecule has 1 aromatic rings. The highest BCUT2D eigenvalue weighted by Crippen LogP contribution is 2.17. The molecule has 0 bridgehead atoms. The summed E-state index contributed by atoms with van der Waals surface area (Å²) in [7, 11) is 1.63. The van der Waals surface area contributed by atoms with Gasteiger partial charge in [-0.1, -0.05) is 23.7 Å². The number of amides is 1. The Morgan fingerprint density at radius 2 is 2.30 bits per heavy atom. The minimum Gasteiger partial charge on any atom is -0.385 e. The molecule has 1 aliphatic rings. The van der Waals surface area contributed by atoms with Crippen LogP contribution in [-0.4, -0.2) is 36.2 Å². The first-order valence-electron chi connectivity index (χ1n) is 6.21. The second-order valence-electron chi connectivity index (χ2n) is 4.35. The van der Waals surface area contributed by atoms with Gasteiger partial charge in [-0.25, -0.2) is 0 Å². The van der Waals surface area contributed by atoms with E-state index >= 15 is 0 Å². The number of nitrogens with zero attached hydrogens (tertiary/aromatic N) is 1. The minimum atomic E-state index is -0.119. The molecule has 0 unspecified atom stereocenters. The van der Waals surface area contributed by atoms with Crippen molar-refractivity contribution in [2.24, 2.45) is 0 Å². The van der Waals surface area contributed by atoms with Crippen LogP contribution in [0, 0.1) is 0 Å². The van der Waals surface area contributed by atoms with Gasteiger partial charge in [0.25, 0.3) is 5.91 Å². The average molecular weight is 311 g/mol. The predicted octanol–water partition coefficient (Wildman–Crippen LogP) is 2.43. The Labute approximate surface area is 128 Å². The molecule has 0 spiro atoms. The molecule has 2 rings (SSSR count). The molecule has 106 valence electrons. The van der Waals surface area contributed by atoms with E-state index < -0.39 is 0 Å². The van der Waals surface area contributed by atoms with E-state index in [2.05, 4.69) is 5.32 Å². The van der Waals surface area contributed by atoms with Crippen LogP contribution in [0.2, 0.25) is 5.02 Å². The molecular weight excluding hydrogens is 296 g/mol. The first kappa shape index (κ1) is 15.0. The van der Waals surface area contributed by atoms with Crippen LogP contribution < -0.4 is 5.32 Å². The summed E-state index contributed by atoms with van der Waals surface area (Å²) in [6.07, 6.45) is 2.49. The monoisotopic (exact) mass is 310 g/mol. The molecule has 0 atom stereocenters. The number of ether oxygens (including phenoxy) is 1. The Hall–Kier alpha value is -1.43. The Bertz CT molecular complexity index is 560. The van der Waals surface area contributed by atoms with Crippen molar-refractivity contribution in [2.45, 2.75) is 6.42 Å². The Morgan fingerprint density at radius 1 is 1.50 bits per heavy atom. The fraction of sp³-hybridized carbons (Fsp3) is 0.286. The molecule has 1 aliphatic heterocycles. The number of hydrogen-bond acceptors (Lipinski definition) is 3. The minimum absolute atomic E-state index is 0.119. The van der Waals surface area contributed by atoms with Crippen LogP contribution >= 0.6 is 23.8 Å². The van der Waals surface area contributed by atoms with Crippen molar-refractivity contribution in [1.82, 2.24) is 10.2 Å². The fourth-order valence-electron chi connectivity index (χ4n) is 1.90. The average Bonchev–Trinajstić information content (AvgIpc) is 2.66. The van der Waals surface area contributed by atoms with Gasteiger partial charge < -0.3 is 10.1 Å². The number of nitrogens with one attached hydrogen (secondary N) is 1. The summed E-state index contributed by atoms with van der Waals surface area (Å²) in [4.78, 5) is 13.8. The van der Waals surface area contributed by atoms with Gasteiger partial charge in [-0.2, -0.15) is 0 Å². The Balaban J connectivity index is 2.11. The number of benzene rings is 1. The van der Waals surface area contributed by atoms with Crippen molar-refractivity contribution in [3.63, 3.8) is 0 Å². The summed E-state index contributed by atoms with van der Waals surface area (Å²) < 4.78 is 4.98. The van der Waals surface area contributed by atoms with Gasteiger partial charge in [0, 0.05) is 25.3 Å². The third-order valence-corrected chi connectivity index (χ3v) is 3.41. The quantitative estimate of drug-likeness (QED) is 0.515. The van der Waals surface area contributed by atoms with Gasteiger partial charge in [0.05, 0.1) is 0 Å². The second-order valence-corrected chi connectivity index (χ2v) is 5.17. The lowest BCUT2D eigenvalue weighted by molar-refractivity contribution is -0.122. The fourth-order valence-corrected chi connectivity index (χ4v) is 2.39. The van der Waals surface area contributed by atoms with Gasteiger partial charge in [0.15, 0.2) is 5.11 Å². The van der Waals surface area contributed by atoms with Gasteiger partial charge in [-0.05, 0) is 42.4 Å². The van der Waals surface area contributed by atoms with E-state index in [0.717, 1.165) is 12.0 Å². The zero-order chi connectivity index (χ0) is 14.5. The lowest BCUT2D eigenvalue weighted by Crippen LogP contribution is -2.32. The van der Waals surface area contributed by atoms with E-state index in [9.17, 15) is 4.79 Å². The van der Waals surface area contributed by atoms with Gasteiger partial charge in [-0.3, -0.25) is 9.69 Å². The smallest absolute Gasteiger partial charge is 0.276 e. The molecule has 0 aliphatic carbocycles. The molecule has 1 N–H and O–H groups in total. The Kier molecular flexibility index (Phi) is 5.11. The summed E-state index contributed by atoms with van der Waals surface area (Å²) in [6, 6.07) is 7.29. The van der Waals surface area contributed by atoms with E-state index in [1.165, 1.54) is 0 Å². The highest BCUT2D eigenvalue weighted by atomic mass is 35.5. The van der Waals surface area contributed by atoms with Gasteiger partial charge in [0.2, 0.25) is 0 Å². The number of carbonyl (C=O) groups is 1. The first-order valence-corrected chi connectivity index (χ1v) is 6.99. The number of hydrogen-bond donors (Lipinski definition) is 1. The van der Waals surface area contributed by atoms with Crippen molar-refractivity contribution in [2.75, 3.05) is 20.3 Å². The normalized spacial score (nSPS) is 16.9. The maximum Gasteiger partial charge on any atom is 0.276 e. The van der Waals surface area contributed by atoms with E-state index in [1.807, 2.05) is 12.1 Å². The molecule has 1 saturated heterocycles. The number of methoxy groups -OCH3 is 1. The summed E-state index contributed by atoms with van der Waals surface area (Å²) in [5.74, 6) is -0.119. The van der Waals surface area contributed by atoms with Gasteiger partial charge in [0.1, 0.15) is 5.70 Å². The third kappa shape index (κ3) is 3.56. The SMILES string of the molecule is COCCCN1C(=O)/C(=C\c2cccc(Cl)c2)NC1=S. The second kappa shape index (κ2) is 6.83. The van der Waals surface area contributed by atoms with E-state index in [1.54, 1.807) is 30.2 Å². The van der Waals surface area contributed by atoms with E-state index in [-0.39, 0.29) is 5.91 Å². The molecule has 4 nitrogen and oxygen atoms in total. The summed E-state index contributed by atoms with van der Waals surface area (Å²) in [5.41, 5.74) is 1.32. The summed E-state index contributed by atoms with van der Waals surface area (Å²) in [6.45, 7) is 1.14. The van der Waals surface area contributed by atoms with Crippen LogP contribution in [0.4, 0.5) is 0 Å². The molecular formula is C14H15ClN2O2S. The molecule has 1 heterocycles. The summed E-state index contributed by atoms with van der Waals surface area (Å²) >= 11 is 11.1. The van der Waals surface area contributed by atoms with Crippen molar-refractivity contribution in [3.05, 3.63) is 40.5 Å². The lowest BCUT2D eigenvalue weighted by Gasteiger charge is -2.12. The number of rotatable bonds is 5. The van der Waals surface area contributed by atoms with Crippen LogP contribution in [0.25, 0.3) is 6.08 Å². The molecule has 1 fully saturated rings. The number of thiocarbonyl (C=S) groups is 1. The number of halogens is 1. The summed E-state index contributed by atoms with van der Waals surface area (Å²) in [5, 5.41) is 3.99. The zero-order valence-electron chi connectivity index (χ0n) is 11.1. The predicted molar refractivity (Wildman–Crippen MR) is 83.4 cm³/mol. The standard InChI is InChI=1S/C14H15ClN2O2S/c1-19-7-3-6-17-13(18)12(16-14(17)20)9-10-4-2-5-11(15)8-10/h2,4-5,8-9H,3,6-7H2,1H3,(H,16,20)/b12-9+. The lowest BCUT2D eigenvalue weighted by atomic mass is 10.2. The first-order chi connectivity index (χ1) is 9.61. The van der Waals surface area contributed by atoms with Crippen molar-refractivity contribution in [3.8, 4) is 0 Å². The third-order valence-electron chi connectivity index (χ3n) is 2.85. The Morgan fingerprint density at radius 3 is 3.00 bits per heavy atom. The largest absolute Gasteiger partial charge is 0.385 e. The molecule has 0 radical (unpaired) electrons. The van der Waals surface area contributed by atoms with Gasteiger partial charge in [-0.15, -0.1) is 0 Å². The number of carbonyl (C=O) groups excluding carboxylic acids is 1. The molecule has 1 aromatic carbocycles. The van der Waals surface area contributed by atoms with Crippen molar-refractivity contribution in [1.29, 1.82) is 0 Å².